The van der Waals surface area contributed by atoms with Crippen molar-refractivity contribution in [3.05, 3.63) is 35.5 Å². The first kappa shape index (κ1) is 19.5. The lowest BCUT2D eigenvalue weighted by molar-refractivity contribution is -0.136. The van der Waals surface area contributed by atoms with Crippen LogP contribution < -0.4 is 9.80 Å². The van der Waals surface area contributed by atoms with E-state index in [0.29, 0.717) is 5.91 Å². The summed E-state index contributed by atoms with van der Waals surface area (Å²) in [5, 5.41) is 0. The summed E-state index contributed by atoms with van der Waals surface area (Å²) in [6.07, 6.45) is 3.33. The lowest BCUT2D eigenvalue weighted by Gasteiger charge is -2.39. The third-order valence-electron chi connectivity index (χ3n) is 5.80. The van der Waals surface area contributed by atoms with Crippen molar-refractivity contribution in [2.45, 2.75) is 33.6 Å². The molecule has 0 atom stereocenters. The van der Waals surface area contributed by atoms with E-state index in [2.05, 4.69) is 29.7 Å². The zero-order valence-corrected chi connectivity index (χ0v) is 17.5. The predicted octanol–water partition coefficient (Wildman–Crippen LogP) is 1.76. The number of hydrogen-bond acceptors (Lipinski definition) is 7. The fraction of sp³-hybridized carbons (Fsp3) is 0.571. The predicted molar refractivity (Wildman–Crippen MR) is 112 cm³/mol. The number of amides is 1. The van der Waals surface area contributed by atoms with Gasteiger partial charge in [-0.05, 0) is 39.7 Å². The van der Waals surface area contributed by atoms with Crippen LogP contribution in [0.25, 0.3) is 0 Å². The molecule has 0 unspecified atom stereocenters. The quantitative estimate of drug-likeness (QED) is 0.783. The molecule has 0 aromatic carbocycles. The number of hydrogen-bond donors (Lipinski definition) is 0. The first-order chi connectivity index (χ1) is 14.0. The molecule has 2 saturated heterocycles. The molecule has 29 heavy (non-hydrogen) atoms. The van der Waals surface area contributed by atoms with Crippen LogP contribution in [0.15, 0.2) is 18.5 Å². The van der Waals surface area contributed by atoms with E-state index in [1.807, 2.05) is 37.8 Å². The van der Waals surface area contributed by atoms with Gasteiger partial charge >= 0.3 is 0 Å². The second kappa shape index (κ2) is 8.31. The van der Waals surface area contributed by atoms with Crippen LogP contribution in [0, 0.1) is 26.7 Å². The van der Waals surface area contributed by atoms with E-state index in [-0.39, 0.29) is 5.92 Å². The largest absolute Gasteiger partial charge is 0.353 e. The fourth-order valence-electron chi connectivity index (χ4n) is 4.20. The van der Waals surface area contributed by atoms with Crippen LogP contribution in [0.4, 0.5) is 11.8 Å². The highest BCUT2D eigenvalue weighted by molar-refractivity contribution is 5.79. The molecular weight excluding hydrogens is 366 g/mol. The van der Waals surface area contributed by atoms with Gasteiger partial charge in [0.15, 0.2) is 0 Å². The first-order valence-corrected chi connectivity index (χ1v) is 10.4. The van der Waals surface area contributed by atoms with Gasteiger partial charge in [0, 0.05) is 68.3 Å². The van der Waals surface area contributed by atoms with E-state index in [4.69, 9.17) is 0 Å². The molecule has 2 aliphatic rings. The standard InChI is InChI=1S/C21H29N7O/c1-15-13-19(23-14-22-15)26-8-10-27(11-9-26)20(29)18-4-6-28(7-5-18)21-24-16(2)12-17(3)25-21/h12-14,18H,4-11H2,1-3H3. The molecular formula is C21H29N7O. The van der Waals surface area contributed by atoms with Gasteiger partial charge in [-0.1, -0.05) is 0 Å². The lowest BCUT2D eigenvalue weighted by atomic mass is 9.95. The van der Waals surface area contributed by atoms with Crippen molar-refractivity contribution >= 4 is 17.7 Å². The molecule has 0 spiro atoms. The van der Waals surface area contributed by atoms with Gasteiger partial charge in [0.1, 0.15) is 12.1 Å². The summed E-state index contributed by atoms with van der Waals surface area (Å²) in [6.45, 7) is 10.8. The summed E-state index contributed by atoms with van der Waals surface area (Å²) in [5.74, 6) is 2.14. The smallest absolute Gasteiger partial charge is 0.225 e. The Morgan fingerprint density at radius 3 is 2.10 bits per heavy atom. The van der Waals surface area contributed by atoms with Gasteiger partial charge in [-0.2, -0.15) is 0 Å². The van der Waals surface area contributed by atoms with Gasteiger partial charge in [0.25, 0.3) is 0 Å². The fourth-order valence-corrected chi connectivity index (χ4v) is 4.20. The van der Waals surface area contributed by atoms with Crippen LogP contribution in [-0.2, 0) is 4.79 Å². The minimum absolute atomic E-state index is 0.102. The van der Waals surface area contributed by atoms with Crippen molar-refractivity contribution < 1.29 is 4.79 Å². The van der Waals surface area contributed by atoms with Crippen molar-refractivity contribution in [2.24, 2.45) is 5.92 Å². The molecule has 4 heterocycles. The maximum atomic E-state index is 13.0. The van der Waals surface area contributed by atoms with Gasteiger partial charge in [-0.3, -0.25) is 4.79 Å². The van der Waals surface area contributed by atoms with Gasteiger partial charge in [0.2, 0.25) is 11.9 Å². The number of rotatable bonds is 3. The zero-order chi connectivity index (χ0) is 20.4. The topological polar surface area (TPSA) is 78.4 Å². The van der Waals surface area contributed by atoms with Crippen molar-refractivity contribution in [3.63, 3.8) is 0 Å². The molecule has 0 bridgehead atoms. The summed E-state index contributed by atoms with van der Waals surface area (Å²) < 4.78 is 0. The molecule has 154 valence electrons. The van der Waals surface area contributed by atoms with Crippen LogP contribution in [0.5, 0.6) is 0 Å². The highest BCUT2D eigenvalue weighted by atomic mass is 16.2. The van der Waals surface area contributed by atoms with Crippen molar-refractivity contribution in [1.82, 2.24) is 24.8 Å². The Morgan fingerprint density at radius 2 is 1.48 bits per heavy atom. The number of piperidine rings is 1. The highest BCUT2D eigenvalue weighted by Gasteiger charge is 2.31. The average Bonchev–Trinajstić information content (AvgIpc) is 2.73. The number of carbonyl (C=O) groups excluding carboxylic acids is 1. The molecule has 2 aromatic heterocycles. The third-order valence-corrected chi connectivity index (χ3v) is 5.80. The molecule has 0 aliphatic carbocycles. The van der Waals surface area contributed by atoms with E-state index in [0.717, 1.165) is 81.0 Å². The molecule has 0 N–H and O–H groups in total. The third kappa shape index (κ3) is 4.46. The molecule has 8 nitrogen and oxygen atoms in total. The Labute approximate surface area is 172 Å². The summed E-state index contributed by atoms with van der Waals surface area (Å²) in [6, 6.07) is 3.99. The zero-order valence-electron chi connectivity index (χ0n) is 17.5. The Hall–Kier alpha value is -2.77. The number of anilines is 2. The summed E-state index contributed by atoms with van der Waals surface area (Å²) in [5.41, 5.74) is 2.94. The number of nitrogens with zero attached hydrogens (tertiary/aromatic N) is 7. The van der Waals surface area contributed by atoms with E-state index in [1.54, 1.807) is 6.33 Å². The Morgan fingerprint density at radius 1 is 0.828 bits per heavy atom. The molecule has 2 aliphatic heterocycles. The number of aromatic nitrogens is 4. The van der Waals surface area contributed by atoms with Crippen LogP contribution in [0.1, 0.15) is 29.9 Å². The van der Waals surface area contributed by atoms with Crippen LogP contribution in [0.3, 0.4) is 0 Å². The summed E-state index contributed by atoms with van der Waals surface area (Å²) in [4.78, 5) is 37.2. The molecule has 2 aromatic rings. The molecule has 1 amide bonds. The van der Waals surface area contributed by atoms with Gasteiger partial charge in [-0.15, -0.1) is 0 Å². The maximum Gasteiger partial charge on any atom is 0.225 e. The molecule has 8 heteroatoms. The van der Waals surface area contributed by atoms with Gasteiger partial charge < -0.3 is 14.7 Å². The Balaban J connectivity index is 1.30. The Bertz CT molecular complexity index is 851. The van der Waals surface area contributed by atoms with E-state index >= 15 is 0 Å². The highest BCUT2D eigenvalue weighted by Crippen LogP contribution is 2.24. The summed E-state index contributed by atoms with van der Waals surface area (Å²) >= 11 is 0. The maximum absolute atomic E-state index is 13.0. The number of carbonyl (C=O) groups is 1. The number of aryl methyl sites for hydroxylation is 3. The Kier molecular flexibility index (Phi) is 5.60. The van der Waals surface area contributed by atoms with E-state index < -0.39 is 0 Å². The summed E-state index contributed by atoms with van der Waals surface area (Å²) in [7, 11) is 0. The number of piperazine rings is 1. The van der Waals surface area contributed by atoms with Crippen molar-refractivity contribution in [2.75, 3.05) is 49.1 Å². The van der Waals surface area contributed by atoms with Crippen LogP contribution >= 0.6 is 0 Å². The van der Waals surface area contributed by atoms with E-state index in [1.165, 1.54) is 0 Å². The minimum Gasteiger partial charge on any atom is -0.353 e. The normalized spacial score (nSPS) is 18.2. The first-order valence-electron chi connectivity index (χ1n) is 10.4. The van der Waals surface area contributed by atoms with Gasteiger partial charge in [-0.25, -0.2) is 19.9 Å². The van der Waals surface area contributed by atoms with E-state index in [9.17, 15) is 4.79 Å². The minimum atomic E-state index is 0.102. The molecule has 0 saturated carbocycles. The second-order valence-corrected chi connectivity index (χ2v) is 8.04. The molecule has 2 fully saturated rings. The average molecular weight is 396 g/mol. The monoisotopic (exact) mass is 395 g/mol. The van der Waals surface area contributed by atoms with Crippen molar-refractivity contribution in [1.29, 1.82) is 0 Å². The lowest BCUT2D eigenvalue weighted by Crippen LogP contribution is -2.52. The van der Waals surface area contributed by atoms with Gasteiger partial charge in [0.05, 0.1) is 0 Å². The van der Waals surface area contributed by atoms with Crippen LogP contribution in [-0.4, -0.2) is 70.0 Å². The SMILES string of the molecule is Cc1cc(N2CCN(C(=O)C3CCN(c4nc(C)cc(C)n4)CC3)CC2)ncn1. The molecule has 4 rings (SSSR count). The second-order valence-electron chi connectivity index (χ2n) is 8.04. The van der Waals surface area contributed by atoms with Crippen molar-refractivity contribution in [3.8, 4) is 0 Å². The molecule has 0 radical (unpaired) electrons. The van der Waals surface area contributed by atoms with Crippen LogP contribution in [0.2, 0.25) is 0 Å².